The molecule has 1 N–H and O–H groups in total. The van der Waals surface area contributed by atoms with Gasteiger partial charge in [-0.3, -0.25) is 14.9 Å². The van der Waals surface area contributed by atoms with E-state index in [1.807, 2.05) is 32.0 Å². The van der Waals surface area contributed by atoms with Gasteiger partial charge in [0.25, 0.3) is 0 Å². The van der Waals surface area contributed by atoms with Crippen LogP contribution >= 0.6 is 0 Å². The normalized spacial score (nSPS) is 23.6. The van der Waals surface area contributed by atoms with Crippen LogP contribution in [0, 0.1) is 16.0 Å². The number of carbonyl (C=O) groups excluding carboxylic acids is 1. The first kappa shape index (κ1) is 15.6. The van der Waals surface area contributed by atoms with Gasteiger partial charge in [0.2, 0.25) is 11.9 Å². The number of para-hydroxylation sites is 1. The van der Waals surface area contributed by atoms with Crippen LogP contribution in [0.4, 0.5) is 0 Å². The molecule has 3 rings (SSSR count). The zero-order valence-electron chi connectivity index (χ0n) is 13.2. The van der Waals surface area contributed by atoms with Gasteiger partial charge >= 0.3 is 0 Å². The predicted octanol–water partition coefficient (Wildman–Crippen LogP) is 1.56. The molecule has 0 spiro atoms. The van der Waals surface area contributed by atoms with Crippen LogP contribution in [0.2, 0.25) is 0 Å². The zero-order chi connectivity index (χ0) is 16.6. The van der Waals surface area contributed by atoms with Crippen molar-refractivity contribution in [1.82, 2.24) is 5.32 Å². The van der Waals surface area contributed by atoms with Gasteiger partial charge in [0, 0.05) is 23.3 Å². The average molecular weight is 320 g/mol. The van der Waals surface area contributed by atoms with Gasteiger partial charge in [0.05, 0.1) is 6.54 Å². The fourth-order valence-corrected chi connectivity index (χ4v) is 2.86. The number of ether oxygens (including phenoxy) is 2. The molecule has 1 amide bonds. The lowest BCUT2D eigenvalue weighted by Crippen LogP contribution is -2.31. The van der Waals surface area contributed by atoms with Crippen LogP contribution < -0.4 is 14.8 Å². The van der Waals surface area contributed by atoms with Crippen LogP contribution in [0.5, 0.6) is 11.5 Å². The molecule has 0 saturated heterocycles. The van der Waals surface area contributed by atoms with E-state index < -0.39 is 16.9 Å². The number of rotatable bonds is 6. The van der Waals surface area contributed by atoms with Crippen LogP contribution in [-0.2, 0) is 11.2 Å². The summed E-state index contributed by atoms with van der Waals surface area (Å²) in [6, 6.07) is 5.06. The summed E-state index contributed by atoms with van der Waals surface area (Å²) < 4.78 is 11.6. The van der Waals surface area contributed by atoms with E-state index in [1.54, 1.807) is 0 Å². The van der Waals surface area contributed by atoms with Crippen molar-refractivity contribution in [3.05, 3.63) is 33.9 Å². The first-order valence-corrected chi connectivity index (χ1v) is 7.72. The highest BCUT2D eigenvalue weighted by atomic mass is 16.6. The highest BCUT2D eigenvalue weighted by molar-refractivity contribution is 5.81. The van der Waals surface area contributed by atoms with E-state index in [2.05, 4.69) is 5.32 Å². The maximum absolute atomic E-state index is 11.7. The molecule has 1 saturated carbocycles. The van der Waals surface area contributed by atoms with E-state index in [0.29, 0.717) is 25.3 Å². The molecule has 7 nitrogen and oxygen atoms in total. The number of carbonyl (C=O) groups is 1. The third kappa shape index (κ3) is 3.38. The standard InChI is InChI=1S/C16H20N2O5/c1-16(2)9-10-4-3-5-13(14(10)23-16)22-7-6-17-15(19)11-8-12(11)18(20)21/h3-5,11-12H,6-9H2,1-2H3,(H,17,19)/t11-,12-/m1/s1. The van der Waals surface area contributed by atoms with Crippen molar-refractivity contribution in [2.45, 2.75) is 38.3 Å². The highest BCUT2D eigenvalue weighted by Gasteiger charge is 2.53. The fraction of sp³-hybridized carbons (Fsp3) is 0.562. The number of nitrogens with one attached hydrogen (secondary N) is 1. The summed E-state index contributed by atoms with van der Waals surface area (Å²) in [5.41, 5.74) is 0.878. The zero-order valence-corrected chi connectivity index (χ0v) is 13.2. The topological polar surface area (TPSA) is 90.7 Å². The number of benzene rings is 1. The van der Waals surface area contributed by atoms with Gasteiger partial charge in [-0.1, -0.05) is 12.1 Å². The number of hydrogen-bond acceptors (Lipinski definition) is 5. The third-order valence-corrected chi connectivity index (χ3v) is 4.08. The Bertz CT molecular complexity index is 643. The van der Waals surface area contributed by atoms with Gasteiger partial charge in [-0.2, -0.15) is 0 Å². The molecule has 1 heterocycles. The van der Waals surface area contributed by atoms with Crippen LogP contribution in [0.15, 0.2) is 18.2 Å². The molecular weight excluding hydrogens is 300 g/mol. The second-order valence-corrected chi connectivity index (χ2v) is 6.62. The molecule has 1 aromatic rings. The summed E-state index contributed by atoms with van der Waals surface area (Å²) in [7, 11) is 0. The van der Waals surface area contributed by atoms with E-state index in [1.165, 1.54) is 0 Å². The molecule has 2 aliphatic rings. The Balaban J connectivity index is 1.47. The Morgan fingerprint density at radius 1 is 1.52 bits per heavy atom. The predicted molar refractivity (Wildman–Crippen MR) is 82.2 cm³/mol. The number of amides is 1. The van der Waals surface area contributed by atoms with Crippen LogP contribution in [0.25, 0.3) is 0 Å². The number of nitrogens with zero attached hydrogens (tertiary/aromatic N) is 1. The van der Waals surface area contributed by atoms with Crippen molar-refractivity contribution in [2.24, 2.45) is 5.92 Å². The highest BCUT2D eigenvalue weighted by Crippen LogP contribution is 2.41. The Morgan fingerprint density at radius 3 is 3.00 bits per heavy atom. The number of hydrogen-bond donors (Lipinski definition) is 1. The van der Waals surface area contributed by atoms with Gasteiger partial charge < -0.3 is 14.8 Å². The van der Waals surface area contributed by atoms with Crippen molar-refractivity contribution >= 4 is 5.91 Å². The van der Waals surface area contributed by atoms with Crippen LogP contribution in [0.3, 0.4) is 0 Å². The Kier molecular flexibility index (Phi) is 3.87. The van der Waals surface area contributed by atoms with E-state index in [-0.39, 0.29) is 11.5 Å². The molecule has 124 valence electrons. The van der Waals surface area contributed by atoms with E-state index in [0.717, 1.165) is 17.7 Å². The molecule has 0 radical (unpaired) electrons. The molecule has 2 atom stereocenters. The first-order chi connectivity index (χ1) is 10.9. The van der Waals surface area contributed by atoms with Gasteiger partial charge in [-0.05, 0) is 19.9 Å². The second kappa shape index (κ2) is 5.72. The molecule has 1 fully saturated rings. The second-order valence-electron chi connectivity index (χ2n) is 6.62. The summed E-state index contributed by atoms with van der Waals surface area (Å²) in [5.74, 6) is 0.664. The summed E-state index contributed by atoms with van der Waals surface area (Å²) in [5, 5.41) is 13.2. The minimum atomic E-state index is -0.719. The van der Waals surface area contributed by atoms with Gasteiger partial charge in [0.1, 0.15) is 18.1 Å². The van der Waals surface area contributed by atoms with Crippen molar-refractivity contribution in [3.8, 4) is 11.5 Å². The lowest BCUT2D eigenvalue weighted by atomic mass is 10.0. The molecule has 0 aromatic heterocycles. The van der Waals surface area contributed by atoms with Crippen molar-refractivity contribution < 1.29 is 19.2 Å². The molecule has 7 heteroatoms. The molecular formula is C16H20N2O5. The Morgan fingerprint density at radius 2 is 2.30 bits per heavy atom. The lowest BCUT2D eigenvalue weighted by molar-refractivity contribution is -0.497. The summed E-state index contributed by atoms with van der Waals surface area (Å²) in [6.07, 6.45) is 1.16. The third-order valence-electron chi connectivity index (χ3n) is 4.08. The Labute approximate surface area is 134 Å². The van der Waals surface area contributed by atoms with Crippen molar-refractivity contribution in [3.63, 3.8) is 0 Å². The quantitative estimate of drug-likeness (QED) is 0.488. The van der Waals surface area contributed by atoms with E-state index in [4.69, 9.17) is 9.47 Å². The Hall–Kier alpha value is -2.31. The van der Waals surface area contributed by atoms with Gasteiger partial charge in [0.15, 0.2) is 11.5 Å². The molecule has 1 aliphatic heterocycles. The van der Waals surface area contributed by atoms with E-state index in [9.17, 15) is 14.9 Å². The van der Waals surface area contributed by atoms with E-state index >= 15 is 0 Å². The monoisotopic (exact) mass is 320 g/mol. The SMILES string of the molecule is CC1(C)Cc2cccc(OCCNC(=O)[C@@H]3C[C@H]3[N+](=O)[O-])c2O1. The van der Waals surface area contributed by atoms with Gasteiger partial charge in [-0.25, -0.2) is 0 Å². The molecule has 1 aliphatic carbocycles. The van der Waals surface area contributed by atoms with Crippen molar-refractivity contribution in [1.29, 1.82) is 0 Å². The van der Waals surface area contributed by atoms with Crippen molar-refractivity contribution in [2.75, 3.05) is 13.2 Å². The summed E-state index contributed by atoms with van der Waals surface area (Å²) >= 11 is 0. The maximum Gasteiger partial charge on any atom is 0.230 e. The molecule has 23 heavy (non-hydrogen) atoms. The summed E-state index contributed by atoms with van der Waals surface area (Å²) in [6.45, 7) is 4.66. The van der Waals surface area contributed by atoms with Crippen LogP contribution in [0.1, 0.15) is 25.8 Å². The minimum absolute atomic E-state index is 0.237. The fourth-order valence-electron chi connectivity index (χ4n) is 2.86. The minimum Gasteiger partial charge on any atom is -0.488 e. The number of fused-ring (bicyclic) bond motifs is 1. The smallest absolute Gasteiger partial charge is 0.230 e. The lowest BCUT2D eigenvalue weighted by Gasteiger charge is -2.18. The molecule has 1 aromatic carbocycles. The van der Waals surface area contributed by atoms with Gasteiger partial charge in [-0.15, -0.1) is 0 Å². The molecule has 0 bridgehead atoms. The first-order valence-electron chi connectivity index (χ1n) is 7.72. The average Bonchev–Trinajstić information content (AvgIpc) is 3.20. The largest absolute Gasteiger partial charge is 0.488 e. The number of nitro groups is 1. The van der Waals surface area contributed by atoms with Crippen LogP contribution in [-0.4, -0.2) is 35.6 Å². The summed E-state index contributed by atoms with van der Waals surface area (Å²) in [4.78, 5) is 21.9. The maximum atomic E-state index is 11.7. The molecule has 0 unspecified atom stereocenters.